The number of carbonyl (C=O) groups excluding carboxylic acids is 1. The molecule has 0 radical (unpaired) electrons. The highest BCUT2D eigenvalue weighted by atomic mass is 32.2. The van der Waals surface area contributed by atoms with Crippen molar-refractivity contribution in [3.63, 3.8) is 0 Å². The fourth-order valence-corrected chi connectivity index (χ4v) is 5.72. The molecule has 0 spiro atoms. The van der Waals surface area contributed by atoms with E-state index < -0.39 is 0 Å². The number of rotatable bonds is 8. The second-order valence-electron chi connectivity index (χ2n) is 9.36. The largest absolute Gasteiger partial charge is 0.371 e. The molecule has 0 bridgehead atoms. The van der Waals surface area contributed by atoms with Crippen LogP contribution in [-0.2, 0) is 4.79 Å². The van der Waals surface area contributed by atoms with Crippen molar-refractivity contribution < 1.29 is 4.79 Å². The molecule has 2 aromatic carbocycles. The number of benzene rings is 2. The monoisotopic (exact) mass is 513 g/mol. The first-order valence-corrected chi connectivity index (χ1v) is 13.6. The highest BCUT2D eigenvalue weighted by molar-refractivity contribution is 7.99. The van der Waals surface area contributed by atoms with Crippen LogP contribution in [-0.4, -0.2) is 53.0 Å². The molecule has 1 amide bonds. The first-order valence-electron chi connectivity index (χ1n) is 12.8. The van der Waals surface area contributed by atoms with Gasteiger partial charge in [-0.1, -0.05) is 11.8 Å². The highest BCUT2D eigenvalue weighted by Gasteiger charge is 2.26. The molecule has 5 rings (SSSR count). The maximum atomic E-state index is 11.6. The van der Waals surface area contributed by atoms with Gasteiger partial charge >= 0.3 is 0 Å². The molecule has 8 nitrogen and oxygen atoms in total. The van der Waals surface area contributed by atoms with E-state index in [9.17, 15) is 4.79 Å². The summed E-state index contributed by atoms with van der Waals surface area (Å²) in [5, 5.41) is 15.4. The smallest absolute Gasteiger partial charge is 0.238 e. The fourth-order valence-electron chi connectivity index (χ4n) is 4.94. The SMILES string of the molecule is N#CCC(=O)Nc1ccc(Sc2ccnc(Nc3ccc(N4CCC(N5CCCC5)CC4)cc3)n2)cc1. The zero-order chi connectivity index (χ0) is 25.5. The first kappa shape index (κ1) is 25.1. The molecular weight excluding hydrogens is 482 g/mol. The number of hydrogen-bond acceptors (Lipinski definition) is 8. The number of likely N-dealkylation sites (tertiary alicyclic amines) is 1. The number of carbonyl (C=O) groups is 1. The standard InChI is InChI=1S/C28H31N7OS/c29-15-11-26(36)31-21-5-9-25(10-6-21)37-27-12-16-30-28(33-27)32-22-3-7-23(8-4-22)35-19-13-24(14-20-35)34-17-1-2-18-34/h3-10,12,16,24H,1-2,11,13-14,17-20H2,(H,31,36)(H,30,32,33). The van der Waals surface area contributed by atoms with Gasteiger partial charge in [-0.3, -0.25) is 4.79 Å². The Kier molecular flexibility index (Phi) is 8.18. The molecule has 190 valence electrons. The summed E-state index contributed by atoms with van der Waals surface area (Å²) in [4.78, 5) is 26.7. The number of nitrogens with zero attached hydrogens (tertiary/aromatic N) is 5. The van der Waals surface area contributed by atoms with Crippen molar-refractivity contribution in [2.75, 3.05) is 41.7 Å². The van der Waals surface area contributed by atoms with Crippen molar-refractivity contribution in [1.82, 2.24) is 14.9 Å². The van der Waals surface area contributed by atoms with Crippen molar-refractivity contribution >= 4 is 40.7 Å². The molecular formula is C28H31N7OS. The molecule has 3 heterocycles. The summed E-state index contributed by atoms with van der Waals surface area (Å²) in [5.41, 5.74) is 2.88. The van der Waals surface area contributed by atoms with Gasteiger partial charge in [0, 0.05) is 47.3 Å². The molecule has 37 heavy (non-hydrogen) atoms. The molecule has 1 aromatic heterocycles. The predicted molar refractivity (Wildman–Crippen MR) is 147 cm³/mol. The van der Waals surface area contributed by atoms with Gasteiger partial charge in [0.05, 0.1) is 6.07 Å². The van der Waals surface area contributed by atoms with Crippen molar-refractivity contribution in [2.24, 2.45) is 0 Å². The van der Waals surface area contributed by atoms with Crippen LogP contribution in [0.15, 0.2) is 70.7 Å². The summed E-state index contributed by atoms with van der Waals surface area (Å²) in [6, 6.07) is 20.4. The third kappa shape index (κ3) is 6.79. The Morgan fingerprint density at radius 2 is 1.68 bits per heavy atom. The maximum Gasteiger partial charge on any atom is 0.238 e. The molecule has 2 saturated heterocycles. The third-order valence-electron chi connectivity index (χ3n) is 6.84. The van der Waals surface area contributed by atoms with Crippen LogP contribution in [0.2, 0.25) is 0 Å². The lowest BCUT2D eigenvalue weighted by molar-refractivity contribution is -0.115. The van der Waals surface area contributed by atoms with Gasteiger partial charge < -0.3 is 20.4 Å². The highest BCUT2D eigenvalue weighted by Crippen LogP contribution is 2.29. The molecule has 0 atom stereocenters. The van der Waals surface area contributed by atoms with E-state index >= 15 is 0 Å². The van der Waals surface area contributed by atoms with Crippen LogP contribution in [0.1, 0.15) is 32.1 Å². The Balaban J connectivity index is 1.14. The number of nitriles is 1. The van der Waals surface area contributed by atoms with E-state index in [1.807, 2.05) is 36.4 Å². The van der Waals surface area contributed by atoms with Crippen LogP contribution in [0.5, 0.6) is 0 Å². The Morgan fingerprint density at radius 3 is 2.38 bits per heavy atom. The van der Waals surface area contributed by atoms with Gasteiger partial charge in [0.25, 0.3) is 0 Å². The minimum absolute atomic E-state index is 0.159. The number of piperidine rings is 1. The summed E-state index contributed by atoms with van der Waals surface area (Å²) < 4.78 is 0. The van der Waals surface area contributed by atoms with Gasteiger partial charge in [0.15, 0.2) is 0 Å². The van der Waals surface area contributed by atoms with E-state index in [0.717, 1.165) is 34.7 Å². The van der Waals surface area contributed by atoms with Crippen LogP contribution in [0.25, 0.3) is 0 Å². The number of aromatic nitrogens is 2. The summed E-state index contributed by atoms with van der Waals surface area (Å²) in [7, 11) is 0. The van der Waals surface area contributed by atoms with Gasteiger partial charge in [-0.15, -0.1) is 0 Å². The van der Waals surface area contributed by atoms with Crippen molar-refractivity contribution in [3.8, 4) is 6.07 Å². The van der Waals surface area contributed by atoms with Crippen LogP contribution >= 0.6 is 11.8 Å². The summed E-state index contributed by atoms with van der Waals surface area (Å²) in [5.74, 6) is 0.231. The molecule has 0 saturated carbocycles. The third-order valence-corrected chi connectivity index (χ3v) is 7.78. The molecule has 2 aliphatic heterocycles. The quantitative estimate of drug-likeness (QED) is 0.392. The topological polar surface area (TPSA) is 97.2 Å². The maximum absolute atomic E-state index is 11.6. The van der Waals surface area contributed by atoms with E-state index in [4.69, 9.17) is 5.26 Å². The van der Waals surface area contributed by atoms with E-state index in [1.165, 1.54) is 56.2 Å². The fraction of sp³-hybridized carbons (Fsp3) is 0.357. The lowest BCUT2D eigenvalue weighted by Gasteiger charge is -2.37. The number of hydrogen-bond donors (Lipinski definition) is 2. The average Bonchev–Trinajstić information content (AvgIpc) is 3.46. The van der Waals surface area contributed by atoms with Gasteiger partial charge in [-0.25, -0.2) is 9.97 Å². The van der Waals surface area contributed by atoms with Gasteiger partial charge in [-0.2, -0.15) is 5.26 Å². The van der Waals surface area contributed by atoms with Gasteiger partial charge in [-0.05, 0) is 93.4 Å². The van der Waals surface area contributed by atoms with Crippen LogP contribution in [0.3, 0.4) is 0 Å². The average molecular weight is 514 g/mol. The second kappa shape index (κ2) is 12.1. The minimum atomic E-state index is -0.315. The Bertz CT molecular complexity index is 1230. The lowest BCUT2D eigenvalue weighted by Crippen LogP contribution is -2.43. The molecule has 0 aliphatic carbocycles. The Morgan fingerprint density at radius 1 is 0.973 bits per heavy atom. The Labute approximate surface area is 222 Å². The second-order valence-corrected chi connectivity index (χ2v) is 10.5. The Hall–Kier alpha value is -3.61. The van der Waals surface area contributed by atoms with Crippen molar-refractivity contribution in [1.29, 1.82) is 5.26 Å². The zero-order valence-corrected chi connectivity index (χ0v) is 21.6. The normalized spacial score (nSPS) is 16.4. The van der Waals surface area contributed by atoms with E-state index in [-0.39, 0.29) is 12.3 Å². The zero-order valence-electron chi connectivity index (χ0n) is 20.8. The predicted octanol–water partition coefficient (Wildman–Crippen LogP) is 5.29. The van der Waals surface area contributed by atoms with Gasteiger partial charge in [0.1, 0.15) is 11.4 Å². The molecule has 2 N–H and O–H groups in total. The summed E-state index contributed by atoms with van der Waals surface area (Å²) in [6.45, 7) is 4.79. The van der Waals surface area contributed by atoms with Crippen LogP contribution in [0, 0.1) is 11.3 Å². The first-order chi connectivity index (χ1) is 18.2. The number of amides is 1. The summed E-state index contributed by atoms with van der Waals surface area (Å²) in [6.07, 6.45) is 6.80. The molecule has 2 aliphatic rings. The van der Waals surface area contributed by atoms with Crippen LogP contribution < -0.4 is 15.5 Å². The van der Waals surface area contributed by atoms with Crippen molar-refractivity contribution in [3.05, 3.63) is 60.8 Å². The molecule has 3 aromatic rings. The van der Waals surface area contributed by atoms with Crippen molar-refractivity contribution in [2.45, 2.75) is 48.1 Å². The van der Waals surface area contributed by atoms with E-state index in [0.29, 0.717) is 11.6 Å². The number of nitrogens with one attached hydrogen (secondary N) is 2. The van der Waals surface area contributed by atoms with E-state index in [1.54, 1.807) is 6.20 Å². The minimum Gasteiger partial charge on any atom is -0.371 e. The van der Waals surface area contributed by atoms with Gasteiger partial charge in [0.2, 0.25) is 11.9 Å². The van der Waals surface area contributed by atoms with Crippen LogP contribution in [0.4, 0.5) is 23.0 Å². The molecule has 9 heteroatoms. The van der Waals surface area contributed by atoms with E-state index in [2.05, 4.69) is 54.7 Å². The lowest BCUT2D eigenvalue weighted by atomic mass is 10.0. The molecule has 0 unspecified atom stereocenters. The number of anilines is 4. The molecule has 2 fully saturated rings. The summed E-state index contributed by atoms with van der Waals surface area (Å²) >= 11 is 1.51.